The summed E-state index contributed by atoms with van der Waals surface area (Å²) in [4.78, 5) is 12.8. The van der Waals surface area contributed by atoms with Gasteiger partial charge in [-0.05, 0) is 48.9 Å². The number of carbonyl (C=O) groups excluding carboxylic acids is 1. The molecule has 0 saturated heterocycles. The molecule has 124 valence electrons. The van der Waals surface area contributed by atoms with E-state index in [0.717, 1.165) is 16.2 Å². The Hall–Kier alpha value is -2.53. The summed E-state index contributed by atoms with van der Waals surface area (Å²) >= 11 is 1.48. The molecule has 2 rings (SSSR count). The van der Waals surface area contributed by atoms with E-state index in [9.17, 15) is 4.79 Å². The van der Waals surface area contributed by atoms with Gasteiger partial charge < -0.3 is 4.74 Å². The minimum Gasteiger partial charge on any atom is -0.490 e. The average molecular weight is 340 g/mol. The van der Waals surface area contributed by atoms with Gasteiger partial charge in [-0.1, -0.05) is 30.4 Å². The Morgan fingerprint density at radius 1 is 1.21 bits per heavy atom. The number of rotatable bonds is 8. The lowest BCUT2D eigenvalue weighted by atomic mass is 10.2. The van der Waals surface area contributed by atoms with Crippen LogP contribution < -0.4 is 10.2 Å². The predicted molar refractivity (Wildman–Crippen MR) is 99.8 cm³/mol. The van der Waals surface area contributed by atoms with E-state index >= 15 is 0 Å². The molecule has 0 aromatic heterocycles. The first-order valence-electron chi connectivity index (χ1n) is 7.52. The number of aryl methyl sites for hydroxylation is 1. The van der Waals surface area contributed by atoms with Crippen LogP contribution in [0.25, 0.3) is 0 Å². The summed E-state index contributed by atoms with van der Waals surface area (Å²) in [6.45, 7) is 6.11. The van der Waals surface area contributed by atoms with Gasteiger partial charge in [-0.3, -0.25) is 4.79 Å². The Labute approximate surface area is 146 Å². The number of hydrogen-bond acceptors (Lipinski definition) is 4. The van der Waals surface area contributed by atoms with Crippen molar-refractivity contribution in [1.29, 1.82) is 0 Å². The SMILES string of the molecule is C=CCOc1ccc(C=NNC(=O)CSc2ccc(C)cc2)cc1. The smallest absolute Gasteiger partial charge is 0.250 e. The van der Waals surface area contributed by atoms with E-state index in [1.807, 2.05) is 55.5 Å². The second-order valence-electron chi connectivity index (χ2n) is 5.06. The van der Waals surface area contributed by atoms with E-state index < -0.39 is 0 Å². The van der Waals surface area contributed by atoms with Crippen LogP contribution in [0, 0.1) is 6.92 Å². The van der Waals surface area contributed by atoms with Crippen molar-refractivity contribution in [3.63, 3.8) is 0 Å². The van der Waals surface area contributed by atoms with E-state index in [2.05, 4.69) is 17.1 Å². The van der Waals surface area contributed by atoms with Crippen LogP contribution in [0.1, 0.15) is 11.1 Å². The lowest BCUT2D eigenvalue weighted by Gasteiger charge is -2.03. The Morgan fingerprint density at radius 3 is 2.58 bits per heavy atom. The molecule has 1 amide bonds. The first kappa shape index (κ1) is 17.8. The molecular weight excluding hydrogens is 320 g/mol. The van der Waals surface area contributed by atoms with Crippen LogP contribution in [-0.4, -0.2) is 24.5 Å². The van der Waals surface area contributed by atoms with Crippen molar-refractivity contribution in [3.8, 4) is 5.75 Å². The van der Waals surface area contributed by atoms with Crippen LogP contribution in [0.2, 0.25) is 0 Å². The number of nitrogens with zero attached hydrogens (tertiary/aromatic N) is 1. The van der Waals surface area contributed by atoms with Gasteiger partial charge in [0, 0.05) is 4.90 Å². The Balaban J connectivity index is 1.75. The summed E-state index contributed by atoms with van der Waals surface area (Å²) < 4.78 is 5.40. The largest absolute Gasteiger partial charge is 0.490 e. The first-order chi connectivity index (χ1) is 11.7. The van der Waals surface area contributed by atoms with Crippen molar-refractivity contribution < 1.29 is 9.53 Å². The van der Waals surface area contributed by atoms with Gasteiger partial charge >= 0.3 is 0 Å². The summed E-state index contributed by atoms with van der Waals surface area (Å²) in [6.07, 6.45) is 3.30. The van der Waals surface area contributed by atoms with Gasteiger partial charge in [0.05, 0.1) is 12.0 Å². The maximum Gasteiger partial charge on any atom is 0.250 e. The van der Waals surface area contributed by atoms with Crippen molar-refractivity contribution in [3.05, 3.63) is 72.3 Å². The highest BCUT2D eigenvalue weighted by Gasteiger charge is 2.01. The molecule has 0 atom stereocenters. The van der Waals surface area contributed by atoms with Crippen molar-refractivity contribution in [2.75, 3.05) is 12.4 Å². The molecule has 0 spiro atoms. The molecular formula is C19H20N2O2S. The lowest BCUT2D eigenvalue weighted by molar-refractivity contribution is -0.118. The molecule has 5 heteroatoms. The molecule has 0 fully saturated rings. The molecule has 24 heavy (non-hydrogen) atoms. The third-order valence-corrected chi connectivity index (χ3v) is 4.05. The van der Waals surface area contributed by atoms with Gasteiger partial charge in [0.2, 0.25) is 5.91 Å². The fraction of sp³-hybridized carbons (Fsp3) is 0.158. The quantitative estimate of drug-likeness (QED) is 0.344. The first-order valence-corrected chi connectivity index (χ1v) is 8.51. The van der Waals surface area contributed by atoms with Crippen molar-refractivity contribution in [2.24, 2.45) is 5.10 Å². The molecule has 0 aliphatic heterocycles. The highest BCUT2D eigenvalue weighted by molar-refractivity contribution is 8.00. The average Bonchev–Trinajstić information content (AvgIpc) is 2.60. The molecule has 0 saturated carbocycles. The summed E-state index contributed by atoms with van der Waals surface area (Å²) in [6, 6.07) is 15.5. The summed E-state index contributed by atoms with van der Waals surface area (Å²) in [5, 5.41) is 3.96. The number of amides is 1. The van der Waals surface area contributed by atoms with E-state index in [4.69, 9.17) is 4.74 Å². The highest BCUT2D eigenvalue weighted by Crippen LogP contribution is 2.17. The third-order valence-electron chi connectivity index (χ3n) is 3.04. The van der Waals surface area contributed by atoms with Crippen molar-refractivity contribution in [1.82, 2.24) is 5.43 Å². The number of hydrogen-bond donors (Lipinski definition) is 1. The van der Waals surface area contributed by atoms with Crippen LogP contribution in [0.15, 0.2) is 71.2 Å². The normalized spacial score (nSPS) is 10.5. The zero-order valence-electron chi connectivity index (χ0n) is 13.6. The summed E-state index contributed by atoms with van der Waals surface area (Å²) in [5.74, 6) is 0.961. The van der Waals surface area contributed by atoms with E-state index in [1.54, 1.807) is 12.3 Å². The molecule has 0 aliphatic carbocycles. The minimum absolute atomic E-state index is 0.136. The fourth-order valence-corrected chi connectivity index (χ4v) is 2.49. The zero-order valence-corrected chi connectivity index (χ0v) is 14.4. The van der Waals surface area contributed by atoms with E-state index in [1.165, 1.54) is 17.3 Å². The Morgan fingerprint density at radius 2 is 1.92 bits per heavy atom. The van der Waals surface area contributed by atoms with Crippen molar-refractivity contribution in [2.45, 2.75) is 11.8 Å². The van der Waals surface area contributed by atoms with Crippen LogP contribution in [0.3, 0.4) is 0 Å². The molecule has 2 aromatic rings. The number of hydrazone groups is 1. The van der Waals surface area contributed by atoms with E-state index in [0.29, 0.717) is 12.4 Å². The molecule has 0 bridgehead atoms. The Bertz CT molecular complexity index is 694. The van der Waals surface area contributed by atoms with E-state index in [-0.39, 0.29) is 5.91 Å². The second-order valence-corrected chi connectivity index (χ2v) is 6.11. The van der Waals surface area contributed by atoms with Gasteiger partial charge in [0.15, 0.2) is 0 Å². The summed E-state index contributed by atoms with van der Waals surface area (Å²) in [7, 11) is 0. The molecule has 0 unspecified atom stereocenters. The third kappa shape index (κ3) is 6.30. The van der Waals surface area contributed by atoms with Crippen LogP contribution in [-0.2, 0) is 4.79 Å². The van der Waals surface area contributed by atoms with Gasteiger partial charge in [-0.25, -0.2) is 5.43 Å². The lowest BCUT2D eigenvalue weighted by Crippen LogP contribution is -2.19. The van der Waals surface area contributed by atoms with Crippen LogP contribution >= 0.6 is 11.8 Å². The van der Waals surface area contributed by atoms with Gasteiger partial charge in [0.25, 0.3) is 0 Å². The molecule has 2 aromatic carbocycles. The molecule has 1 N–H and O–H groups in total. The number of ether oxygens (including phenoxy) is 1. The molecule has 0 heterocycles. The topological polar surface area (TPSA) is 50.7 Å². The standard InChI is InChI=1S/C19H20N2O2S/c1-3-12-23-17-8-6-16(7-9-17)13-20-21-19(22)14-24-18-10-4-15(2)5-11-18/h3-11,13H,1,12,14H2,2H3,(H,21,22). The second kappa shape index (κ2) is 9.57. The summed E-state index contributed by atoms with van der Waals surface area (Å²) in [5.41, 5.74) is 4.61. The van der Waals surface area contributed by atoms with Gasteiger partial charge in [0.1, 0.15) is 12.4 Å². The number of benzene rings is 2. The number of carbonyl (C=O) groups is 1. The van der Waals surface area contributed by atoms with Crippen LogP contribution in [0.5, 0.6) is 5.75 Å². The van der Waals surface area contributed by atoms with Crippen molar-refractivity contribution >= 4 is 23.9 Å². The monoisotopic (exact) mass is 340 g/mol. The maximum absolute atomic E-state index is 11.8. The molecule has 4 nitrogen and oxygen atoms in total. The van der Waals surface area contributed by atoms with Gasteiger partial charge in [-0.15, -0.1) is 11.8 Å². The fourth-order valence-electron chi connectivity index (χ4n) is 1.80. The van der Waals surface area contributed by atoms with Gasteiger partial charge in [-0.2, -0.15) is 5.10 Å². The minimum atomic E-state index is -0.136. The molecule has 0 aliphatic rings. The highest BCUT2D eigenvalue weighted by atomic mass is 32.2. The number of thioether (sulfide) groups is 1. The number of nitrogens with one attached hydrogen (secondary N) is 1. The van der Waals surface area contributed by atoms with Crippen LogP contribution in [0.4, 0.5) is 0 Å². The predicted octanol–water partition coefficient (Wildman–Crippen LogP) is 3.80. The molecule has 0 radical (unpaired) electrons. The zero-order chi connectivity index (χ0) is 17.2. The Kier molecular flexibility index (Phi) is 7.11. The maximum atomic E-state index is 11.8.